The molecule has 0 radical (unpaired) electrons. The second-order valence-electron chi connectivity index (χ2n) is 5.63. The van der Waals surface area contributed by atoms with E-state index in [1.807, 2.05) is 49.7 Å². The maximum Gasteiger partial charge on any atom is 0.270 e. The van der Waals surface area contributed by atoms with Crippen LogP contribution in [0.25, 0.3) is 0 Å². The first kappa shape index (κ1) is 14.1. The lowest BCUT2D eigenvalue weighted by Crippen LogP contribution is -2.43. The first-order chi connectivity index (χ1) is 9.04. The van der Waals surface area contributed by atoms with Gasteiger partial charge in [-0.1, -0.05) is 0 Å². The molecule has 0 unspecified atom stereocenters. The summed E-state index contributed by atoms with van der Waals surface area (Å²) in [6.07, 6.45) is 4.50. The molecule has 19 heavy (non-hydrogen) atoms. The second-order valence-corrected chi connectivity index (χ2v) is 5.63. The van der Waals surface area contributed by atoms with Crippen LogP contribution in [0.15, 0.2) is 12.1 Å². The largest absolute Gasteiger partial charge is 0.344 e. The van der Waals surface area contributed by atoms with Gasteiger partial charge in [0.2, 0.25) is 0 Å². The van der Waals surface area contributed by atoms with E-state index in [0.29, 0.717) is 12.1 Å². The molecule has 1 aromatic heterocycles. The number of nitrogens with zero attached hydrogens (tertiary/aromatic N) is 2. The number of carbonyl (C=O) groups is 1. The summed E-state index contributed by atoms with van der Waals surface area (Å²) in [7, 11) is 5.91. The monoisotopic (exact) mass is 263 g/mol. The quantitative estimate of drug-likeness (QED) is 0.905. The van der Waals surface area contributed by atoms with Crippen molar-refractivity contribution < 1.29 is 4.79 Å². The molecule has 1 aliphatic carbocycles. The maximum atomic E-state index is 12.5. The van der Waals surface area contributed by atoms with Gasteiger partial charge in [0, 0.05) is 31.9 Å². The van der Waals surface area contributed by atoms with E-state index in [0.717, 1.165) is 37.1 Å². The van der Waals surface area contributed by atoms with E-state index in [-0.39, 0.29) is 5.91 Å². The van der Waals surface area contributed by atoms with Gasteiger partial charge in [-0.2, -0.15) is 0 Å². The fraction of sp³-hybridized carbons (Fsp3) is 0.667. The second kappa shape index (κ2) is 5.78. The van der Waals surface area contributed by atoms with Gasteiger partial charge in [0.05, 0.1) is 0 Å². The Kier molecular flexibility index (Phi) is 4.30. The standard InChI is InChI=1S/C15H25N3O/c1-11-5-10-14(17(11)3)15(19)18(4)13-8-6-12(16-2)7-9-13/h5,10,12-13,16H,6-9H2,1-4H3. The molecule has 1 aliphatic rings. The van der Waals surface area contributed by atoms with E-state index in [1.165, 1.54) is 0 Å². The summed E-state index contributed by atoms with van der Waals surface area (Å²) in [4.78, 5) is 14.4. The molecule has 0 aromatic carbocycles. The number of amides is 1. The Labute approximate surface area is 115 Å². The van der Waals surface area contributed by atoms with Gasteiger partial charge in [0.1, 0.15) is 5.69 Å². The molecule has 0 saturated heterocycles. The average Bonchev–Trinajstić information content (AvgIpc) is 2.77. The number of nitrogens with one attached hydrogen (secondary N) is 1. The zero-order chi connectivity index (χ0) is 14.0. The van der Waals surface area contributed by atoms with Gasteiger partial charge in [0.15, 0.2) is 0 Å². The molecule has 1 fully saturated rings. The van der Waals surface area contributed by atoms with Crippen molar-refractivity contribution >= 4 is 5.91 Å². The van der Waals surface area contributed by atoms with Crippen molar-refractivity contribution in [2.45, 2.75) is 44.7 Å². The summed E-state index contributed by atoms with van der Waals surface area (Å²) in [6, 6.07) is 4.93. The zero-order valence-corrected chi connectivity index (χ0v) is 12.4. The third-order valence-electron chi connectivity index (χ3n) is 4.56. The van der Waals surface area contributed by atoms with E-state index >= 15 is 0 Å². The Hall–Kier alpha value is -1.29. The van der Waals surface area contributed by atoms with Gasteiger partial charge < -0.3 is 14.8 Å². The van der Waals surface area contributed by atoms with Crippen LogP contribution >= 0.6 is 0 Å². The highest BCUT2D eigenvalue weighted by molar-refractivity contribution is 5.93. The summed E-state index contributed by atoms with van der Waals surface area (Å²) >= 11 is 0. The summed E-state index contributed by atoms with van der Waals surface area (Å²) in [5, 5.41) is 3.33. The summed E-state index contributed by atoms with van der Waals surface area (Å²) in [5.41, 5.74) is 1.91. The highest BCUT2D eigenvalue weighted by atomic mass is 16.2. The predicted octanol–water partition coefficient (Wildman–Crippen LogP) is 1.94. The average molecular weight is 263 g/mol. The molecule has 1 aromatic rings. The van der Waals surface area contributed by atoms with Crippen LogP contribution in [0.2, 0.25) is 0 Å². The smallest absolute Gasteiger partial charge is 0.270 e. The van der Waals surface area contributed by atoms with Gasteiger partial charge in [-0.25, -0.2) is 0 Å². The van der Waals surface area contributed by atoms with E-state index < -0.39 is 0 Å². The lowest BCUT2D eigenvalue weighted by molar-refractivity contribution is 0.0676. The fourth-order valence-corrected chi connectivity index (χ4v) is 2.93. The highest BCUT2D eigenvalue weighted by Crippen LogP contribution is 2.23. The van der Waals surface area contributed by atoms with E-state index in [1.54, 1.807) is 0 Å². The first-order valence-electron chi connectivity index (χ1n) is 7.11. The van der Waals surface area contributed by atoms with Crippen molar-refractivity contribution in [1.82, 2.24) is 14.8 Å². The Morgan fingerprint density at radius 3 is 2.42 bits per heavy atom. The minimum atomic E-state index is 0.142. The molecule has 106 valence electrons. The summed E-state index contributed by atoms with van der Waals surface area (Å²) in [6.45, 7) is 2.02. The Morgan fingerprint density at radius 1 is 1.32 bits per heavy atom. The topological polar surface area (TPSA) is 37.3 Å². The van der Waals surface area contributed by atoms with Crippen molar-refractivity contribution in [2.75, 3.05) is 14.1 Å². The van der Waals surface area contributed by atoms with Crippen LogP contribution in [-0.4, -0.2) is 41.6 Å². The van der Waals surface area contributed by atoms with Crippen molar-refractivity contribution in [3.63, 3.8) is 0 Å². The number of carbonyl (C=O) groups excluding carboxylic acids is 1. The molecule has 0 spiro atoms. The van der Waals surface area contributed by atoms with Crippen LogP contribution in [0.1, 0.15) is 41.9 Å². The molecule has 2 rings (SSSR count). The van der Waals surface area contributed by atoms with Gasteiger partial charge in [-0.3, -0.25) is 4.79 Å². The molecule has 0 aliphatic heterocycles. The lowest BCUT2D eigenvalue weighted by Gasteiger charge is -2.34. The molecular weight excluding hydrogens is 238 g/mol. The third-order valence-corrected chi connectivity index (χ3v) is 4.56. The minimum absolute atomic E-state index is 0.142. The SMILES string of the molecule is CNC1CCC(N(C)C(=O)c2ccc(C)n2C)CC1. The normalized spacial score (nSPS) is 23.4. The fourth-order valence-electron chi connectivity index (χ4n) is 2.93. The Balaban J connectivity index is 2.02. The molecule has 4 nitrogen and oxygen atoms in total. The third kappa shape index (κ3) is 2.84. The summed E-state index contributed by atoms with van der Waals surface area (Å²) < 4.78 is 1.97. The van der Waals surface area contributed by atoms with Crippen LogP contribution in [-0.2, 0) is 7.05 Å². The molecule has 1 saturated carbocycles. The van der Waals surface area contributed by atoms with Gasteiger partial charge >= 0.3 is 0 Å². The first-order valence-corrected chi connectivity index (χ1v) is 7.11. The molecule has 4 heteroatoms. The Bertz CT molecular complexity index is 444. The maximum absolute atomic E-state index is 12.5. The summed E-state index contributed by atoms with van der Waals surface area (Å²) in [5.74, 6) is 0.142. The zero-order valence-electron chi connectivity index (χ0n) is 12.4. The molecular formula is C15H25N3O. The minimum Gasteiger partial charge on any atom is -0.344 e. The molecule has 1 heterocycles. The number of aryl methyl sites for hydroxylation is 1. The van der Waals surface area contributed by atoms with Crippen LogP contribution in [0.4, 0.5) is 0 Å². The van der Waals surface area contributed by atoms with Gasteiger partial charge in [0.25, 0.3) is 5.91 Å². The van der Waals surface area contributed by atoms with Crippen LogP contribution in [0, 0.1) is 6.92 Å². The highest BCUT2D eigenvalue weighted by Gasteiger charge is 2.27. The molecule has 0 bridgehead atoms. The van der Waals surface area contributed by atoms with E-state index in [9.17, 15) is 4.79 Å². The van der Waals surface area contributed by atoms with Crippen LogP contribution < -0.4 is 5.32 Å². The van der Waals surface area contributed by atoms with E-state index in [4.69, 9.17) is 0 Å². The van der Waals surface area contributed by atoms with Gasteiger partial charge in [-0.15, -0.1) is 0 Å². The number of hydrogen-bond donors (Lipinski definition) is 1. The number of hydrogen-bond acceptors (Lipinski definition) is 2. The predicted molar refractivity (Wildman–Crippen MR) is 77.3 cm³/mol. The molecule has 1 amide bonds. The van der Waals surface area contributed by atoms with Gasteiger partial charge in [-0.05, 0) is 51.8 Å². The van der Waals surface area contributed by atoms with Crippen molar-refractivity contribution in [3.05, 3.63) is 23.5 Å². The molecule has 1 N–H and O–H groups in total. The number of rotatable bonds is 3. The molecule has 0 atom stereocenters. The lowest BCUT2D eigenvalue weighted by atomic mass is 9.90. The van der Waals surface area contributed by atoms with Crippen molar-refractivity contribution in [3.8, 4) is 0 Å². The van der Waals surface area contributed by atoms with Crippen LogP contribution in [0.5, 0.6) is 0 Å². The van der Waals surface area contributed by atoms with Crippen molar-refractivity contribution in [2.24, 2.45) is 7.05 Å². The van der Waals surface area contributed by atoms with Crippen LogP contribution in [0.3, 0.4) is 0 Å². The Morgan fingerprint density at radius 2 is 1.95 bits per heavy atom. The van der Waals surface area contributed by atoms with Crippen molar-refractivity contribution in [1.29, 1.82) is 0 Å². The van der Waals surface area contributed by atoms with E-state index in [2.05, 4.69) is 5.32 Å². The number of aromatic nitrogens is 1.